The molecule has 0 atom stereocenters. The molecule has 0 saturated heterocycles. The zero-order valence-corrected chi connectivity index (χ0v) is 16.6. The molecule has 0 aliphatic rings. The highest BCUT2D eigenvalue weighted by Gasteiger charge is 2.09. The summed E-state index contributed by atoms with van der Waals surface area (Å²) in [5.74, 6) is 0.730. The number of carbonyl (C=O) groups excluding carboxylic acids is 1. The van der Waals surface area contributed by atoms with Crippen LogP contribution in [0.2, 0.25) is 10.0 Å². The van der Waals surface area contributed by atoms with Crippen molar-refractivity contribution in [3.05, 3.63) is 64.6 Å². The number of thioether (sulfide) groups is 1. The molecule has 0 saturated carbocycles. The van der Waals surface area contributed by atoms with Gasteiger partial charge in [-0.1, -0.05) is 47.1 Å². The van der Waals surface area contributed by atoms with Gasteiger partial charge in [-0.2, -0.15) is 0 Å². The number of carbonyl (C=O) groups is 1. The number of rotatable bonds is 6. The highest BCUT2D eigenvalue weighted by molar-refractivity contribution is 7.99. The molecule has 138 valence electrons. The van der Waals surface area contributed by atoms with Crippen molar-refractivity contribution in [1.29, 1.82) is 0 Å². The first kappa shape index (κ1) is 19.5. The molecule has 0 bridgehead atoms. The topological polar surface area (TPSA) is 64.1 Å². The van der Waals surface area contributed by atoms with E-state index >= 15 is 0 Å². The Labute approximate surface area is 171 Å². The van der Waals surface area contributed by atoms with Gasteiger partial charge >= 0.3 is 0 Å². The molecule has 0 spiro atoms. The van der Waals surface area contributed by atoms with Crippen LogP contribution in [-0.2, 0) is 4.79 Å². The Morgan fingerprint density at radius 1 is 1.07 bits per heavy atom. The smallest absolute Gasteiger partial charge is 0.234 e. The van der Waals surface area contributed by atoms with Crippen LogP contribution in [0.5, 0.6) is 5.75 Å². The van der Waals surface area contributed by atoms with Gasteiger partial charge in [-0.05, 0) is 42.5 Å². The average molecular weight is 420 g/mol. The van der Waals surface area contributed by atoms with Crippen LogP contribution in [0.3, 0.4) is 0 Å². The van der Waals surface area contributed by atoms with E-state index < -0.39 is 0 Å². The van der Waals surface area contributed by atoms with Gasteiger partial charge in [0.15, 0.2) is 0 Å². The summed E-state index contributed by atoms with van der Waals surface area (Å²) >= 11 is 13.1. The Bertz CT molecular complexity index is 932. The van der Waals surface area contributed by atoms with Gasteiger partial charge in [-0.25, -0.2) is 0 Å². The van der Waals surface area contributed by atoms with Crippen molar-refractivity contribution in [2.45, 2.75) is 5.03 Å². The lowest BCUT2D eigenvalue weighted by atomic mass is 10.1. The number of methoxy groups -OCH3 is 1. The molecular formula is C19H15Cl2N3O2S. The van der Waals surface area contributed by atoms with E-state index in [1.807, 2.05) is 36.4 Å². The third-order valence-electron chi connectivity index (χ3n) is 3.52. The molecule has 1 heterocycles. The predicted octanol–water partition coefficient (Wildman–Crippen LogP) is 5.19. The number of hydrogen-bond donors (Lipinski definition) is 1. The van der Waals surface area contributed by atoms with Gasteiger partial charge in [0.05, 0.1) is 18.6 Å². The summed E-state index contributed by atoms with van der Waals surface area (Å²) in [6, 6.07) is 16.1. The number of aromatic nitrogens is 2. The van der Waals surface area contributed by atoms with E-state index in [0.717, 1.165) is 11.3 Å². The Kier molecular flexibility index (Phi) is 6.55. The molecule has 27 heavy (non-hydrogen) atoms. The molecule has 0 radical (unpaired) electrons. The summed E-state index contributed by atoms with van der Waals surface area (Å²) in [5.41, 5.74) is 2.12. The molecule has 0 unspecified atom stereocenters. The largest absolute Gasteiger partial charge is 0.496 e. The molecule has 1 N–H and O–H groups in total. The van der Waals surface area contributed by atoms with Crippen molar-refractivity contribution in [3.63, 3.8) is 0 Å². The van der Waals surface area contributed by atoms with E-state index in [0.29, 0.717) is 26.5 Å². The highest BCUT2D eigenvalue weighted by atomic mass is 35.5. The van der Waals surface area contributed by atoms with E-state index in [9.17, 15) is 4.79 Å². The SMILES string of the molecule is COc1ccccc1-c1ccc(SCC(=O)Nc2cc(Cl)cc(Cl)c2)nn1. The summed E-state index contributed by atoms with van der Waals surface area (Å²) in [7, 11) is 1.61. The molecule has 1 amide bonds. The first-order valence-corrected chi connectivity index (χ1v) is 9.65. The van der Waals surface area contributed by atoms with Crippen LogP contribution < -0.4 is 10.1 Å². The number of benzene rings is 2. The van der Waals surface area contributed by atoms with Gasteiger partial charge in [0.1, 0.15) is 10.8 Å². The van der Waals surface area contributed by atoms with Gasteiger partial charge in [0.2, 0.25) is 5.91 Å². The van der Waals surface area contributed by atoms with Crippen LogP contribution in [0.25, 0.3) is 11.3 Å². The molecule has 3 aromatic rings. The Morgan fingerprint density at radius 2 is 1.81 bits per heavy atom. The van der Waals surface area contributed by atoms with Crippen LogP contribution in [0.4, 0.5) is 5.69 Å². The molecule has 5 nitrogen and oxygen atoms in total. The average Bonchev–Trinajstić information content (AvgIpc) is 2.66. The summed E-state index contributed by atoms with van der Waals surface area (Å²) in [5, 5.41) is 12.7. The van der Waals surface area contributed by atoms with Crippen molar-refractivity contribution in [2.75, 3.05) is 18.2 Å². The minimum Gasteiger partial charge on any atom is -0.496 e. The number of ether oxygens (including phenoxy) is 1. The van der Waals surface area contributed by atoms with E-state index in [2.05, 4.69) is 15.5 Å². The standard InChI is InChI=1S/C19H15Cl2N3O2S/c1-26-17-5-3-2-4-15(17)16-6-7-19(24-23-16)27-11-18(25)22-14-9-12(20)8-13(21)10-14/h2-10H,11H2,1H3,(H,22,25). The Balaban J connectivity index is 1.61. The number of hydrogen-bond acceptors (Lipinski definition) is 5. The van der Waals surface area contributed by atoms with Crippen molar-refractivity contribution in [2.24, 2.45) is 0 Å². The van der Waals surface area contributed by atoms with Gasteiger partial charge in [0.25, 0.3) is 0 Å². The number of anilines is 1. The third kappa shape index (κ3) is 5.35. The van der Waals surface area contributed by atoms with Crippen LogP contribution in [0.15, 0.2) is 59.6 Å². The molecule has 0 aliphatic carbocycles. The molecule has 0 aliphatic heterocycles. The fraction of sp³-hybridized carbons (Fsp3) is 0.105. The van der Waals surface area contributed by atoms with Crippen LogP contribution in [-0.4, -0.2) is 29.0 Å². The fourth-order valence-corrected chi connectivity index (χ4v) is 3.50. The Hall–Kier alpha value is -2.28. The van der Waals surface area contributed by atoms with E-state index in [1.165, 1.54) is 11.8 Å². The van der Waals surface area contributed by atoms with E-state index in [1.54, 1.807) is 25.3 Å². The third-order valence-corrected chi connectivity index (χ3v) is 4.88. The summed E-state index contributed by atoms with van der Waals surface area (Å²) < 4.78 is 5.34. The van der Waals surface area contributed by atoms with Crippen molar-refractivity contribution >= 4 is 46.6 Å². The van der Waals surface area contributed by atoms with E-state index in [4.69, 9.17) is 27.9 Å². The minimum absolute atomic E-state index is 0.186. The minimum atomic E-state index is -0.186. The number of nitrogens with one attached hydrogen (secondary N) is 1. The summed E-state index contributed by atoms with van der Waals surface area (Å²) in [6.07, 6.45) is 0. The maximum absolute atomic E-state index is 12.1. The zero-order chi connectivity index (χ0) is 19.2. The molecule has 8 heteroatoms. The van der Waals surface area contributed by atoms with Crippen LogP contribution in [0, 0.1) is 0 Å². The number of halogens is 2. The quantitative estimate of drug-likeness (QED) is 0.556. The monoisotopic (exact) mass is 419 g/mol. The Morgan fingerprint density at radius 3 is 2.48 bits per heavy atom. The lowest BCUT2D eigenvalue weighted by molar-refractivity contribution is -0.113. The van der Waals surface area contributed by atoms with Crippen molar-refractivity contribution in [3.8, 4) is 17.0 Å². The lowest BCUT2D eigenvalue weighted by Gasteiger charge is -2.08. The van der Waals surface area contributed by atoms with Gasteiger partial charge in [-0.3, -0.25) is 4.79 Å². The lowest BCUT2D eigenvalue weighted by Crippen LogP contribution is -2.14. The summed E-state index contributed by atoms with van der Waals surface area (Å²) in [6.45, 7) is 0. The maximum atomic E-state index is 12.1. The van der Waals surface area contributed by atoms with Crippen molar-refractivity contribution < 1.29 is 9.53 Å². The molecule has 3 rings (SSSR count). The van der Waals surface area contributed by atoms with Gasteiger partial charge in [0, 0.05) is 21.3 Å². The van der Waals surface area contributed by atoms with Crippen LogP contribution in [0.1, 0.15) is 0 Å². The van der Waals surface area contributed by atoms with Crippen LogP contribution >= 0.6 is 35.0 Å². The first-order chi connectivity index (χ1) is 13.0. The molecular weight excluding hydrogens is 405 g/mol. The van der Waals surface area contributed by atoms with Crippen molar-refractivity contribution in [1.82, 2.24) is 10.2 Å². The second-order valence-corrected chi connectivity index (χ2v) is 7.32. The van der Waals surface area contributed by atoms with Gasteiger partial charge < -0.3 is 10.1 Å². The second-order valence-electron chi connectivity index (χ2n) is 5.45. The number of para-hydroxylation sites is 1. The molecule has 0 fully saturated rings. The van der Waals surface area contributed by atoms with Gasteiger partial charge in [-0.15, -0.1) is 10.2 Å². The molecule has 1 aromatic heterocycles. The van der Waals surface area contributed by atoms with E-state index in [-0.39, 0.29) is 11.7 Å². The highest BCUT2D eigenvalue weighted by Crippen LogP contribution is 2.28. The number of nitrogens with zero attached hydrogens (tertiary/aromatic N) is 2. The fourth-order valence-electron chi connectivity index (χ4n) is 2.36. The zero-order valence-electron chi connectivity index (χ0n) is 14.3. The second kappa shape index (κ2) is 9.08. The normalized spacial score (nSPS) is 10.5. The molecule has 2 aromatic carbocycles. The number of amides is 1. The maximum Gasteiger partial charge on any atom is 0.234 e. The predicted molar refractivity (Wildman–Crippen MR) is 110 cm³/mol. The first-order valence-electron chi connectivity index (χ1n) is 7.91. The summed E-state index contributed by atoms with van der Waals surface area (Å²) in [4.78, 5) is 12.1.